The molecule has 0 atom stereocenters. The number of aromatic nitrogens is 2. The van der Waals surface area contributed by atoms with E-state index in [1.54, 1.807) is 11.8 Å². The van der Waals surface area contributed by atoms with E-state index in [4.69, 9.17) is 16.9 Å². The number of H-pyrrole nitrogens is 1. The van der Waals surface area contributed by atoms with Crippen molar-refractivity contribution < 1.29 is 0 Å². The van der Waals surface area contributed by atoms with Crippen LogP contribution in [-0.2, 0) is 12.8 Å². The maximum atomic E-state index is 8.79. The van der Waals surface area contributed by atoms with Crippen LogP contribution in [0.2, 0.25) is 5.02 Å². The zero-order valence-electron chi connectivity index (χ0n) is 11.5. The molecule has 0 spiro atoms. The summed E-state index contributed by atoms with van der Waals surface area (Å²) in [5.41, 5.74) is 1.09. The van der Waals surface area contributed by atoms with Gasteiger partial charge in [0.2, 0.25) is 0 Å². The second-order valence-electron chi connectivity index (χ2n) is 4.96. The molecule has 0 amide bonds. The molecule has 104 valence electrons. The van der Waals surface area contributed by atoms with Crippen molar-refractivity contribution >= 4 is 23.4 Å². The predicted molar refractivity (Wildman–Crippen MR) is 82.0 cm³/mol. The molecule has 0 saturated heterocycles. The van der Waals surface area contributed by atoms with Crippen molar-refractivity contribution in [1.82, 2.24) is 9.97 Å². The van der Waals surface area contributed by atoms with Gasteiger partial charge in [-0.05, 0) is 30.5 Å². The summed E-state index contributed by atoms with van der Waals surface area (Å²) in [6.45, 7) is 4.33. The fraction of sp³-hybridized carbons (Fsp3) is 0.333. The van der Waals surface area contributed by atoms with Crippen LogP contribution < -0.4 is 0 Å². The van der Waals surface area contributed by atoms with Gasteiger partial charge in [-0.15, -0.1) is 0 Å². The van der Waals surface area contributed by atoms with E-state index in [9.17, 15) is 0 Å². The number of nitrogens with one attached hydrogen (secondary N) is 1. The minimum atomic E-state index is 0.307. The summed E-state index contributed by atoms with van der Waals surface area (Å²) in [5.74, 6) is 1.26. The molecule has 0 aliphatic carbocycles. The Morgan fingerprint density at radius 2 is 2.25 bits per heavy atom. The molecule has 5 heteroatoms. The molecule has 0 unspecified atom stereocenters. The number of benzene rings is 1. The van der Waals surface area contributed by atoms with Gasteiger partial charge in [-0.25, -0.2) is 4.98 Å². The van der Waals surface area contributed by atoms with Crippen LogP contribution in [0.3, 0.4) is 0 Å². The third kappa shape index (κ3) is 4.03. The second-order valence-corrected chi connectivity index (χ2v) is 6.46. The molecule has 0 radical (unpaired) electrons. The zero-order valence-corrected chi connectivity index (χ0v) is 13.1. The van der Waals surface area contributed by atoms with E-state index in [-0.39, 0.29) is 0 Å². The molecule has 0 saturated carbocycles. The van der Waals surface area contributed by atoms with Crippen LogP contribution in [0.4, 0.5) is 0 Å². The summed E-state index contributed by atoms with van der Waals surface area (Å²) in [5, 5.41) is 10.4. The second kappa shape index (κ2) is 6.83. The number of nitriles is 1. The molecule has 0 aliphatic heterocycles. The van der Waals surface area contributed by atoms with Gasteiger partial charge in [0.25, 0.3) is 0 Å². The Balaban J connectivity index is 2.27. The van der Waals surface area contributed by atoms with E-state index >= 15 is 0 Å². The smallest absolute Gasteiger partial charge is 0.122 e. The average molecular weight is 306 g/mol. The van der Waals surface area contributed by atoms with E-state index < -0.39 is 0 Å². The van der Waals surface area contributed by atoms with Crippen molar-refractivity contribution in [2.24, 2.45) is 5.92 Å². The first kappa shape index (κ1) is 15.0. The lowest BCUT2D eigenvalue weighted by atomic mass is 10.1. The average Bonchev–Trinajstić information content (AvgIpc) is 2.71. The highest BCUT2D eigenvalue weighted by molar-refractivity contribution is 7.99. The third-order valence-corrected chi connectivity index (χ3v) is 3.92. The van der Waals surface area contributed by atoms with Gasteiger partial charge in [-0.3, -0.25) is 0 Å². The van der Waals surface area contributed by atoms with Crippen molar-refractivity contribution in [3.05, 3.63) is 40.8 Å². The number of hydrogen-bond donors (Lipinski definition) is 1. The summed E-state index contributed by atoms with van der Waals surface area (Å²) in [6.07, 6.45) is 1.22. The summed E-state index contributed by atoms with van der Waals surface area (Å²) >= 11 is 7.59. The summed E-state index contributed by atoms with van der Waals surface area (Å²) in [7, 11) is 0. The quantitative estimate of drug-likeness (QED) is 0.886. The molecule has 1 aromatic carbocycles. The van der Waals surface area contributed by atoms with E-state index in [1.165, 1.54) is 0 Å². The standard InChI is InChI=1S/C15H16ClN3S/c1-10(2)8-13-15(19-14(18-13)6-7-17)20-12-5-3-4-11(16)9-12/h3-5,9-10H,6,8H2,1-2H3,(H,18,19). The highest BCUT2D eigenvalue weighted by Crippen LogP contribution is 2.31. The first-order valence-corrected chi connectivity index (χ1v) is 7.66. The molecule has 20 heavy (non-hydrogen) atoms. The van der Waals surface area contributed by atoms with E-state index in [0.29, 0.717) is 17.4 Å². The lowest BCUT2D eigenvalue weighted by Gasteiger charge is -2.05. The van der Waals surface area contributed by atoms with Crippen LogP contribution in [0.25, 0.3) is 0 Å². The van der Waals surface area contributed by atoms with E-state index in [2.05, 4.69) is 29.9 Å². The number of imidazole rings is 1. The predicted octanol–water partition coefficient (Wildman–Crippen LogP) is 4.48. The van der Waals surface area contributed by atoms with Gasteiger partial charge in [-0.2, -0.15) is 5.26 Å². The minimum absolute atomic E-state index is 0.307. The lowest BCUT2D eigenvalue weighted by Crippen LogP contribution is -1.96. The summed E-state index contributed by atoms with van der Waals surface area (Å²) < 4.78 is 0. The number of hydrogen-bond acceptors (Lipinski definition) is 3. The molecule has 2 rings (SSSR count). The topological polar surface area (TPSA) is 52.5 Å². The Bertz CT molecular complexity index is 628. The molecule has 0 aliphatic rings. The Hall–Kier alpha value is -1.44. The van der Waals surface area contributed by atoms with Crippen molar-refractivity contribution in [2.45, 2.75) is 36.6 Å². The Kier molecular flexibility index (Phi) is 5.11. The highest BCUT2D eigenvalue weighted by Gasteiger charge is 2.13. The van der Waals surface area contributed by atoms with Gasteiger partial charge in [0.05, 0.1) is 12.5 Å². The molecule has 3 nitrogen and oxygen atoms in total. The maximum Gasteiger partial charge on any atom is 0.122 e. The molecule has 1 heterocycles. The lowest BCUT2D eigenvalue weighted by molar-refractivity contribution is 0.629. The molecule has 0 fully saturated rings. The summed E-state index contributed by atoms with van der Waals surface area (Å²) in [4.78, 5) is 8.83. The van der Waals surface area contributed by atoms with Gasteiger partial charge in [-0.1, -0.05) is 43.3 Å². The van der Waals surface area contributed by atoms with E-state index in [1.807, 2.05) is 24.3 Å². The molecule has 0 bridgehead atoms. The van der Waals surface area contributed by atoms with Crippen LogP contribution in [0.15, 0.2) is 34.2 Å². The molecule has 2 aromatic rings. The summed E-state index contributed by atoms with van der Waals surface area (Å²) in [6, 6.07) is 9.84. The number of rotatable bonds is 5. The van der Waals surface area contributed by atoms with Crippen molar-refractivity contribution in [2.75, 3.05) is 0 Å². The van der Waals surface area contributed by atoms with Crippen LogP contribution >= 0.6 is 23.4 Å². The maximum absolute atomic E-state index is 8.79. The third-order valence-electron chi connectivity index (χ3n) is 2.66. The number of halogens is 1. The van der Waals surface area contributed by atoms with Crippen LogP contribution in [0.1, 0.15) is 25.4 Å². The van der Waals surface area contributed by atoms with E-state index in [0.717, 1.165) is 27.9 Å². The fourth-order valence-corrected chi connectivity index (χ4v) is 3.10. The van der Waals surface area contributed by atoms with Gasteiger partial charge in [0.15, 0.2) is 0 Å². The van der Waals surface area contributed by atoms with Crippen molar-refractivity contribution in [3.63, 3.8) is 0 Å². The monoisotopic (exact) mass is 305 g/mol. The van der Waals surface area contributed by atoms with Gasteiger partial charge >= 0.3 is 0 Å². The Morgan fingerprint density at radius 3 is 2.90 bits per heavy atom. The first-order chi connectivity index (χ1) is 9.58. The van der Waals surface area contributed by atoms with Crippen LogP contribution in [-0.4, -0.2) is 9.97 Å². The Labute approximate surface area is 128 Å². The minimum Gasteiger partial charge on any atom is -0.344 e. The Morgan fingerprint density at radius 1 is 1.45 bits per heavy atom. The number of nitrogens with zero attached hydrogens (tertiary/aromatic N) is 2. The van der Waals surface area contributed by atoms with Gasteiger partial charge < -0.3 is 4.98 Å². The molecular weight excluding hydrogens is 290 g/mol. The van der Waals surface area contributed by atoms with Crippen LogP contribution in [0, 0.1) is 17.2 Å². The van der Waals surface area contributed by atoms with Gasteiger partial charge in [0.1, 0.15) is 10.9 Å². The molecule has 1 aromatic heterocycles. The highest BCUT2D eigenvalue weighted by atomic mass is 35.5. The molecular formula is C15H16ClN3S. The normalized spacial score (nSPS) is 10.8. The zero-order chi connectivity index (χ0) is 14.5. The van der Waals surface area contributed by atoms with Crippen molar-refractivity contribution in [1.29, 1.82) is 5.26 Å². The van der Waals surface area contributed by atoms with Crippen molar-refractivity contribution in [3.8, 4) is 6.07 Å². The largest absolute Gasteiger partial charge is 0.344 e. The molecule has 1 N–H and O–H groups in total. The van der Waals surface area contributed by atoms with Crippen LogP contribution in [0.5, 0.6) is 0 Å². The fourth-order valence-electron chi connectivity index (χ4n) is 1.88. The van der Waals surface area contributed by atoms with Gasteiger partial charge in [0, 0.05) is 15.6 Å². The SMILES string of the molecule is CC(C)Cc1[nH]c(CC#N)nc1Sc1cccc(Cl)c1. The number of aromatic amines is 1. The first-order valence-electron chi connectivity index (χ1n) is 6.46.